The lowest BCUT2D eigenvalue weighted by atomic mass is 10.0. The van der Waals surface area contributed by atoms with Gasteiger partial charge in [0.05, 0.1) is 17.4 Å². The van der Waals surface area contributed by atoms with Gasteiger partial charge < -0.3 is 4.74 Å². The second-order valence-electron chi connectivity index (χ2n) is 8.12. The number of rotatable bonds is 4. The van der Waals surface area contributed by atoms with Crippen molar-refractivity contribution in [3.63, 3.8) is 0 Å². The minimum Gasteiger partial charge on any atom is -0.444 e. The van der Waals surface area contributed by atoms with Gasteiger partial charge >= 0.3 is 6.09 Å². The molecule has 0 saturated carbocycles. The standard InChI is InChI=1S/C22H21ClN4O4S2/c1-14-3-2-4-15(11-14)20-21(25-32-24-20)33(29,30)26-9-7-18(8-10-26)27-19-6-5-17(23)12-16(19)13-31-22(27)28/h2-6,11-12,18H,7-10,13H2,1H3. The van der Waals surface area contributed by atoms with Gasteiger partial charge in [0.2, 0.25) is 5.03 Å². The van der Waals surface area contributed by atoms with Crippen molar-refractivity contribution in [2.45, 2.75) is 37.4 Å². The normalized spacial score (nSPS) is 17.6. The average Bonchev–Trinajstić information content (AvgIpc) is 3.30. The maximum absolute atomic E-state index is 13.4. The minimum absolute atomic E-state index is 0.0195. The Morgan fingerprint density at radius 2 is 1.91 bits per heavy atom. The summed E-state index contributed by atoms with van der Waals surface area (Å²) in [4.78, 5) is 14.2. The first-order valence-electron chi connectivity index (χ1n) is 10.5. The third kappa shape index (κ3) is 4.12. The van der Waals surface area contributed by atoms with Gasteiger partial charge in [-0.3, -0.25) is 4.90 Å². The average molecular weight is 505 g/mol. The Labute approximate surface area is 201 Å². The first-order chi connectivity index (χ1) is 15.8. The summed E-state index contributed by atoms with van der Waals surface area (Å²) in [5.74, 6) is 0. The summed E-state index contributed by atoms with van der Waals surface area (Å²) < 4.78 is 42.0. The van der Waals surface area contributed by atoms with Crippen LogP contribution in [0, 0.1) is 6.92 Å². The van der Waals surface area contributed by atoms with Crippen molar-refractivity contribution in [1.82, 2.24) is 13.1 Å². The highest BCUT2D eigenvalue weighted by Gasteiger charge is 2.38. The van der Waals surface area contributed by atoms with Crippen LogP contribution in [0.25, 0.3) is 11.3 Å². The zero-order valence-electron chi connectivity index (χ0n) is 17.8. The lowest BCUT2D eigenvalue weighted by Crippen LogP contribution is -2.50. The van der Waals surface area contributed by atoms with Crippen molar-refractivity contribution in [3.05, 3.63) is 58.6 Å². The first kappa shape index (κ1) is 22.3. The molecule has 0 N–H and O–H groups in total. The number of cyclic esters (lactones) is 1. The van der Waals surface area contributed by atoms with Crippen LogP contribution >= 0.6 is 23.3 Å². The predicted octanol–water partition coefficient (Wildman–Crippen LogP) is 4.48. The van der Waals surface area contributed by atoms with Crippen LogP contribution in [-0.2, 0) is 21.4 Å². The number of fused-ring (bicyclic) bond motifs is 1. The van der Waals surface area contributed by atoms with E-state index in [4.69, 9.17) is 16.3 Å². The van der Waals surface area contributed by atoms with Crippen LogP contribution < -0.4 is 4.90 Å². The molecule has 5 rings (SSSR count). The number of anilines is 1. The Bertz CT molecular complexity index is 1320. The van der Waals surface area contributed by atoms with Gasteiger partial charge in [0.25, 0.3) is 10.0 Å². The van der Waals surface area contributed by atoms with Gasteiger partial charge in [0.15, 0.2) is 0 Å². The van der Waals surface area contributed by atoms with Gasteiger partial charge in [0, 0.05) is 35.3 Å². The first-order valence-corrected chi connectivity index (χ1v) is 13.0. The van der Waals surface area contributed by atoms with E-state index in [0.29, 0.717) is 23.6 Å². The summed E-state index contributed by atoms with van der Waals surface area (Å²) in [6.07, 6.45) is 0.540. The van der Waals surface area contributed by atoms with Gasteiger partial charge in [-0.15, -0.1) is 0 Å². The molecule has 8 nitrogen and oxygen atoms in total. The van der Waals surface area contributed by atoms with Crippen LogP contribution in [0.2, 0.25) is 5.02 Å². The van der Waals surface area contributed by atoms with E-state index in [0.717, 1.165) is 34.1 Å². The molecular weight excluding hydrogens is 484 g/mol. The minimum atomic E-state index is -3.83. The number of aryl methyl sites for hydroxylation is 1. The third-order valence-corrected chi connectivity index (χ3v) is 8.67. The summed E-state index contributed by atoms with van der Waals surface area (Å²) in [7, 11) is -3.83. The Kier molecular flexibility index (Phi) is 5.86. The molecule has 2 aliphatic heterocycles. The molecule has 1 fully saturated rings. The number of sulfonamides is 1. The molecule has 0 radical (unpaired) electrons. The van der Waals surface area contributed by atoms with E-state index in [-0.39, 0.29) is 30.8 Å². The van der Waals surface area contributed by atoms with Crippen molar-refractivity contribution in [2.24, 2.45) is 0 Å². The van der Waals surface area contributed by atoms with Crippen molar-refractivity contribution < 1.29 is 17.9 Å². The highest BCUT2D eigenvalue weighted by Crippen LogP contribution is 2.35. The van der Waals surface area contributed by atoms with Crippen LogP contribution in [0.1, 0.15) is 24.0 Å². The van der Waals surface area contributed by atoms with E-state index >= 15 is 0 Å². The number of nitrogens with zero attached hydrogens (tertiary/aromatic N) is 4. The quantitative estimate of drug-likeness (QED) is 0.520. The van der Waals surface area contributed by atoms with Crippen LogP contribution in [0.15, 0.2) is 47.5 Å². The fourth-order valence-corrected chi connectivity index (χ4v) is 6.89. The molecule has 11 heteroatoms. The van der Waals surface area contributed by atoms with Crippen molar-refractivity contribution in [1.29, 1.82) is 0 Å². The van der Waals surface area contributed by atoms with Crippen LogP contribution in [0.5, 0.6) is 0 Å². The Morgan fingerprint density at radius 3 is 2.67 bits per heavy atom. The largest absolute Gasteiger partial charge is 0.444 e. The fourth-order valence-electron chi connectivity index (χ4n) is 4.34. The highest BCUT2D eigenvalue weighted by atomic mass is 35.5. The molecular formula is C22H21ClN4O4S2. The summed E-state index contributed by atoms with van der Waals surface area (Å²) in [5, 5.41) is 0.558. The summed E-state index contributed by atoms with van der Waals surface area (Å²) in [6.45, 7) is 2.66. The molecule has 1 saturated heterocycles. The fraction of sp³-hybridized carbons (Fsp3) is 0.318. The number of benzene rings is 2. The maximum Gasteiger partial charge on any atom is 0.414 e. The van der Waals surface area contributed by atoms with E-state index < -0.39 is 16.1 Å². The van der Waals surface area contributed by atoms with Gasteiger partial charge in [-0.05, 0) is 44.0 Å². The number of hydrogen-bond donors (Lipinski definition) is 0. The number of carbonyl (C=O) groups excluding carboxylic acids is 1. The van der Waals surface area contributed by atoms with E-state index in [9.17, 15) is 13.2 Å². The molecule has 0 spiro atoms. The number of piperidine rings is 1. The van der Waals surface area contributed by atoms with Gasteiger partial charge in [-0.1, -0.05) is 35.4 Å². The summed E-state index contributed by atoms with van der Waals surface area (Å²) in [5.41, 5.74) is 3.72. The maximum atomic E-state index is 13.4. The van der Waals surface area contributed by atoms with Crippen molar-refractivity contribution >= 4 is 45.1 Å². The van der Waals surface area contributed by atoms with Crippen LogP contribution in [0.4, 0.5) is 10.5 Å². The summed E-state index contributed by atoms with van der Waals surface area (Å²) in [6, 6.07) is 12.7. The monoisotopic (exact) mass is 504 g/mol. The lowest BCUT2D eigenvalue weighted by Gasteiger charge is -2.39. The zero-order chi connectivity index (χ0) is 23.2. The third-order valence-electron chi connectivity index (χ3n) is 5.97. The Balaban J connectivity index is 1.36. The van der Waals surface area contributed by atoms with Crippen molar-refractivity contribution in [2.75, 3.05) is 18.0 Å². The van der Waals surface area contributed by atoms with E-state index in [2.05, 4.69) is 8.75 Å². The number of amides is 1. The van der Waals surface area contributed by atoms with Crippen LogP contribution in [0.3, 0.4) is 0 Å². The van der Waals surface area contributed by atoms with E-state index in [1.54, 1.807) is 17.0 Å². The number of aromatic nitrogens is 2. The SMILES string of the molecule is Cc1cccc(-c2nsnc2S(=O)(=O)N2CCC(N3C(=O)OCc4cc(Cl)ccc43)CC2)c1. The molecule has 1 aromatic heterocycles. The number of ether oxygens (including phenoxy) is 1. The number of hydrogen-bond acceptors (Lipinski definition) is 7. The van der Waals surface area contributed by atoms with Gasteiger partial charge in [-0.25, -0.2) is 13.2 Å². The molecule has 0 aliphatic carbocycles. The number of carbonyl (C=O) groups is 1. The molecule has 33 heavy (non-hydrogen) atoms. The molecule has 1 amide bonds. The zero-order valence-corrected chi connectivity index (χ0v) is 20.2. The second-order valence-corrected chi connectivity index (χ2v) is 10.9. The predicted molar refractivity (Wildman–Crippen MR) is 126 cm³/mol. The van der Waals surface area contributed by atoms with Crippen molar-refractivity contribution in [3.8, 4) is 11.3 Å². The highest BCUT2D eigenvalue weighted by molar-refractivity contribution is 7.89. The number of halogens is 1. The molecule has 2 aliphatic rings. The van der Waals surface area contributed by atoms with E-state index in [1.807, 2.05) is 37.3 Å². The Morgan fingerprint density at radius 1 is 1.12 bits per heavy atom. The second kappa shape index (κ2) is 8.68. The molecule has 0 atom stereocenters. The van der Waals surface area contributed by atoms with E-state index in [1.165, 1.54) is 4.31 Å². The Hall–Kier alpha value is -2.53. The molecule has 0 unspecified atom stereocenters. The van der Waals surface area contributed by atoms with Gasteiger partial charge in [0.1, 0.15) is 12.3 Å². The molecule has 172 valence electrons. The smallest absolute Gasteiger partial charge is 0.414 e. The lowest BCUT2D eigenvalue weighted by molar-refractivity contribution is 0.136. The molecule has 3 heterocycles. The molecule has 0 bridgehead atoms. The molecule has 2 aromatic carbocycles. The molecule has 3 aromatic rings. The van der Waals surface area contributed by atoms with Gasteiger partial charge in [-0.2, -0.15) is 13.1 Å². The summed E-state index contributed by atoms with van der Waals surface area (Å²) >= 11 is 6.98. The van der Waals surface area contributed by atoms with Crippen LogP contribution in [-0.4, -0.2) is 46.7 Å². The topological polar surface area (TPSA) is 92.7 Å².